The van der Waals surface area contributed by atoms with Gasteiger partial charge >= 0.3 is 0 Å². The van der Waals surface area contributed by atoms with Gasteiger partial charge in [0.05, 0.1) is 11.4 Å². The Morgan fingerprint density at radius 3 is 2.77 bits per heavy atom. The highest BCUT2D eigenvalue weighted by Crippen LogP contribution is 2.21. The predicted octanol–water partition coefficient (Wildman–Crippen LogP) is 4.40. The Labute approximate surface area is 157 Å². The molecule has 2 heterocycles. The van der Waals surface area contributed by atoms with Crippen molar-refractivity contribution < 1.29 is 9.32 Å². The second-order valence-corrected chi connectivity index (χ2v) is 7.26. The normalized spacial score (nSPS) is 10.9. The van der Waals surface area contributed by atoms with Gasteiger partial charge < -0.3 is 9.42 Å². The quantitative estimate of drug-likeness (QED) is 0.619. The van der Waals surface area contributed by atoms with E-state index in [4.69, 9.17) is 4.52 Å². The predicted molar refractivity (Wildman–Crippen MR) is 103 cm³/mol. The average molecular weight is 369 g/mol. The number of aromatic nitrogens is 2. The second kappa shape index (κ2) is 8.27. The van der Waals surface area contributed by atoms with Gasteiger partial charge in [0.2, 0.25) is 17.6 Å². The number of carbonyl (C=O) groups is 1. The molecule has 136 valence electrons. The van der Waals surface area contributed by atoms with Crippen molar-refractivity contribution in [2.24, 2.45) is 0 Å². The van der Waals surface area contributed by atoms with Gasteiger partial charge in [-0.1, -0.05) is 29.4 Å². The molecule has 3 rings (SSSR count). The summed E-state index contributed by atoms with van der Waals surface area (Å²) in [6.07, 6.45) is 1.21. The Kier molecular flexibility index (Phi) is 5.83. The van der Waals surface area contributed by atoms with Crippen molar-refractivity contribution in [1.82, 2.24) is 15.0 Å². The average Bonchev–Trinajstić information content (AvgIpc) is 3.31. The lowest BCUT2D eigenvalue weighted by molar-refractivity contribution is -0.131. The number of carbonyl (C=O) groups excluding carboxylic acids is 1. The van der Waals surface area contributed by atoms with E-state index in [1.807, 2.05) is 24.4 Å². The first-order valence-electron chi connectivity index (χ1n) is 8.77. The van der Waals surface area contributed by atoms with Gasteiger partial charge in [-0.2, -0.15) is 4.98 Å². The highest BCUT2D eigenvalue weighted by atomic mass is 32.1. The minimum atomic E-state index is 0.0987. The molecule has 0 unspecified atom stereocenters. The molecule has 0 saturated heterocycles. The minimum absolute atomic E-state index is 0.0987. The highest BCUT2D eigenvalue weighted by molar-refractivity contribution is 7.13. The zero-order valence-corrected chi connectivity index (χ0v) is 16.2. The highest BCUT2D eigenvalue weighted by Gasteiger charge is 2.17. The number of benzene rings is 1. The lowest BCUT2D eigenvalue weighted by atomic mass is 10.0. The van der Waals surface area contributed by atoms with Crippen LogP contribution in [0.4, 0.5) is 0 Å². The lowest BCUT2D eigenvalue weighted by Gasteiger charge is -2.18. The van der Waals surface area contributed by atoms with Crippen molar-refractivity contribution in [3.05, 3.63) is 58.3 Å². The van der Waals surface area contributed by atoms with Crippen LogP contribution in [0.25, 0.3) is 10.7 Å². The van der Waals surface area contributed by atoms with Crippen LogP contribution in [0.2, 0.25) is 0 Å². The van der Waals surface area contributed by atoms with Gasteiger partial charge in [0, 0.05) is 13.0 Å². The number of rotatable bonds is 7. The van der Waals surface area contributed by atoms with E-state index in [0.717, 1.165) is 11.3 Å². The molecule has 0 atom stereocenters. The van der Waals surface area contributed by atoms with Crippen LogP contribution in [0.1, 0.15) is 35.9 Å². The van der Waals surface area contributed by atoms with Crippen molar-refractivity contribution in [2.75, 3.05) is 6.54 Å². The van der Waals surface area contributed by atoms with E-state index in [9.17, 15) is 4.79 Å². The third-order valence-corrected chi connectivity index (χ3v) is 5.33. The summed E-state index contributed by atoms with van der Waals surface area (Å²) in [4.78, 5) is 19.7. The van der Waals surface area contributed by atoms with E-state index in [0.29, 0.717) is 31.2 Å². The van der Waals surface area contributed by atoms with Gasteiger partial charge in [0.25, 0.3) is 0 Å². The number of aryl methyl sites for hydroxylation is 3. The van der Waals surface area contributed by atoms with Crippen LogP contribution < -0.4 is 0 Å². The fourth-order valence-corrected chi connectivity index (χ4v) is 3.38. The molecule has 2 aromatic heterocycles. The first-order chi connectivity index (χ1) is 12.6. The molecule has 1 amide bonds. The Morgan fingerprint density at radius 1 is 1.23 bits per heavy atom. The monoisotopic (exact) mass is 369 g/mol. The maximum absolute atomic E-state index is 12.6. The van der Waals surface area contributed by atoms with Crippen LogP contribution in [0.3, 0.4) is 0 Å². The minimum Gasteiger partial charge on any atom is -0.337 e. The van der Waals surface area contributed by atoms with Gasteiger partial charge in [-0.15, -0.1) is 11.3 Å². The Balaban J connectivity index is 1.59. The molecule has 3 aromatic rings. The van der Waals surface area contributed by atoms with Gasteiger partial charge in [0.1, 0.15) is 0 Å². The summed E-state index contributed by atoms with van der Waals surface area (Å²) in [5, 5.41) is 5.98. The molecule has 26 heavy (non-hydrogen) atoms. The molecule has 0 radical (unpaired) electrons. The molecular formula is C20H23N3O2S. The summed E-state index contributed by atoms with van der Waals surface area (Å²) in [6, 6.07) is 10.3. The van der Waals surface area contributed by atoms with Crippen LogP contribution in [0.5, 0.6) is 0 Å². The summed E-state index contributed by atoms with van der Waals surface area (Å²) in [5.41, 5.74) is 3.72. The number of amides is 1. The molecule has 0 fully saturated rings. The van der Waals surface area contributed by atoms with E-state index >= 15 is 0 Å². The Bertz CT molecular complexity index is 871. The molecule has 0 aliphatic heterocycles. The van der Waals surface area contributed by atoms with Crippen molar-refractivity contribution in [3.8, 4) is 10.7 Å². The molecule has 0 aliphatic rings. The van der Waals surface area contributed by atoms with E-state index in [2.05, 4.69) is 42.2 Å². The molecule has 0 N–H and O–H groups in total. The smallest absolute Gasteiger partial charge is 0.246 e. The zero-order chi connectivity index (χ0) is 18.5. The van der Waals surface area contributed by atoms with E-state index in [1.165, 1.54) is 16.7 Å². The number of nitrogens with zero attached hydrogens (tertiary/aromatic N) is 3. The van der Waals surface area contributed by atoms with E-state index in [-0.39, 0.29) is 5.91 Å². The molecule has 6 heteroatoms. The summed E-state index contributed by atoms with van der Waals surface area (Å²) in [6.45, 7) is 7.12. The van der Waals surface area contributed by atoms with Gasteiger partial charge in [-0.3, -0.25) is 4.79 Å². The topological polar surface area (TPSA) is 59.2 Å². The Hall–Kier alpha value is -2.47. The maximum atomic E-state index is 12.6. The Morgan fingerprint density at radius 2 is 2.08 bits per heavy atom. The molecule has 5 nitrogen and oxygen atoms in total. The third kappa shape index (κ3) is 4.38. The molecular weight excluding hydrogens is 346 g/mol. The van der Waals surface area contributed by atoms with Crippen molar-refractivity contribution >= 4 is 17.2 Å². The first-order valence-corrected chi connectivity index (χ1v) is 9.65. The van der Waals surface area contributed by atoms with Crippen molar-refractivity contribution in [3.63, 3.8) is 0 Å². The summed E-state index contributed by atoms with van der Waals surface area (Å²) >= 11 is 1.56. The summed E-state index contributed by atoms with van der Waals surface area (Å²) in [7, 11) is 0. The number of thiophene rings is 1. The van der Waals surface area contributed by atoms with Crippen molar-refractivity contribution in [2.45, 2.75) is 40.2 Å². The zero-order valence-electron chi connectivity index (χ0n) is 15.4. The molecule has 0 aliphatic carbocycles. The van der Waals surface area contributed by atoms with Crippen molar-refractivity contribution in [1.29, 1.82) is 0 Å². The fraction of sp³-hybridized carbons (Fsp3) is 0.350. The van der Waals surface area contributed by atoms with Crippen LogP contribution in [0.15, 0.2) is 40.2 Å². The van der Waals surface area contributed by atoms with Crippen LogP contribution in [0, 0.1) is 13.8 Å². The van der Waals surface area contributed by atoms with E-state index < -0.39 is 0 Å². The fourth-order valence-electron chi connectivity index (χ4n) is 2.73. The molecule has 0 spiro atoms. The second-order valence-electron chi connectivity index (χ2n) is 6.32. The standard InChI is InChI=1S/C20H23N3O2S/c1-4-23(13-18-21-20(22-25-18)17-6-5-11-26-17)19(24)10-9-16-8-7-14(2)15(3)12-16/h5-8,11-12H,4,9-10,13H2,1-3H3. The third-order valence-electron chi connectivity index (χ3n) is 4.47. The first kappa shape index (κ1) is 18.3. The van der Waals surface area contributed by atoms with Gasteiger partial charge in [-0.05, 0) is 55.3 Å². The van der Waals surface area contributed by atoms with E-state index in [1.54, 1.807) is 16.2 Å². The maximum Gasteiger partial charge on any atom is 0.246 e. The van der Waals surface area contributed by atoms with Crippen LogP contribution in [-0.4, -0.2) is 27.5 Å². The van der Waals surface area contributed by atoms with Crippen LogP contribution in [-0.2, 0) is 17.8 Å². The molecule has 0 bridgehead atoms. The largest absolute Gasteiger partial charge is 0.337 e. The van der Waals surface area contributed by atoms with Gasteiger partial charge in [-0.25, -0.2) is 0 Å². The van der Waals surface area contributed by atoms with Gasteiger partial charge in [0.15, 0.2) is 0 Å². The SMILES string of the molecule is CCN(Cc1nc(-c2cccs2)no1)C(=O)CCc1ccc(C)c(C)c1. The number of hydrogen-bond donors (Lipinski definition) is 0. The summed E-state index contributed by atoms with van der Waals surface area (Å²) in [5.74, 6) is 1.14. The molecule has 0 saturated carbocycles. The summed E-state index contributed by atoms with van der Waals surface area (Å²) < 4.78 is 5.31. The lowest BCUT2D eigenvalue weighted by Crippen LogP contribution is -2.30. The number of hydrogen-bond acceptors (Lipinski definition) is 5. The molecule has 1 aromatic carbocycles. The van der Waals surface area contributed by atoms with Crippen LogP contribution >= 0.6 is 11.3 Å².